The van der Waals surface area contributed by atoms with Gasteiger partial charge in [0, 0.05) is 43.3 Å². The Hall–Kier alpha value is -2.32. The molecular weight excluding hydrogens is 516 g/mol. The number of benzene rings is 1. The molecule has 0 bridgehead atoms. The second kappa shape index (κ2) is 13.8. The van der Waals surface area contributed by atoms with E-state index in [1.54, 1.807) is 0 Å². The maximum atomic E-state index is 12.0. The summed E-state index contributed by atoms with van der Waals surface area (Å²) in [7, 11) is 0. The Morgan fingerprint density at radius 3 is 1.95 bits per heavy atom. The van der Waals surface area contributed by atoms with Gasteiger partial charge in [-0.3, -0.25) is 4.90 Å². The van der Waals surface area contributed by atoms with Gasteiger partial charge in [0.2, 0.25) is 0 Å². The number of likely N-dealkylation sites (tertiary alicyclic amines) is 1. The van der Waals surface area contributed by atoms with Crippen LogP contribution in [0, 0.1) is 11.8 Å². The van der Waals surface area contributed by atoms with Crippen molar-refractivity contribution in [1.82, 2.24) is 20.9 Å². The summed E-state index contributed by atoms with van der Waals surface area (Å²) in [6, 6.07) is 11.6. The van der Waals surface area contributed by atoms with Crippen molar-refractivity contribution in [3.05, 3.63) is 35.9 Å². The highest BCUT2D eigenvalue weighted by Crippen LogP contribution is 2.52. The molecule has 5 atom stereocenters. The predicted molar refractivity (Wildman–Crippen MR) is 165 cm³/mol. The van der Waals surface area contributed by atoms with Crippen molar-refractivity contribution in [2.75, 3.05) is 13.1 Å². The summed E-state index contributed by atoms with van der Waals surface area (Å²) in [5.41, 5.74) is 0.877. The molecule has 3 aliphatic rings. The van der Waals surface area contributed by atoms with E-state index in [4.69, 9.17) is 9.47 Å². The lowest BCUT2D eigenvalue weighted by Gasteiger charge is -2.25. The summed E-state index contributed by atoms with van der Waals surface area (Å²) in [6.07, 6.45) is 5.41. The Kier molecular flexibility index (Phi) is 11.1. The molecule has 2 saturated heterocycles. The zero-order valence-corrected chi connectivity index (χ0v) is 27.0. The van der Waals surface area contributed by atoms with Crippen LogP contribution in [0.5, 0.6) is 0 Å². The zero-order valence-electron chi connectivity index (χ0n) is 27.0. The van der Waals surface area contributed by atoms with Gasteiger partial charge in [-0.2, -0.15) is 0 Å². The van der Waals surface area contributed by atoms with Crippen LogP contribution < -0.4 is 16.0 Å². The van der Waals surface area contributed by atoms with Crippen LogP contribution in [-0.4, -0.2) is 65.0 Å². The summed E-state index contributed by atoms with van der Waals surface area (Å²) < 4.78 is 10.6. The standard InChI is InChI=1S/C20H30N2O2.C13H26N2O2/c1-15(21-18(23)24-19(2,3)4)17-12-20(10-11-20)22(14-17)13-16-8-6-5-7-9-16;1-6-11-7-10(8-14-11)9(2)15-12(16)17-13(3,4)5/h5-9,15,17H,10-14H2,1-4H3,(H,21,23);9-11,14H,6-8H2,1-5H3,(H,15,16)/t15-,17+;9-,10+,11?/m00/s1. The first-order chi connectivity index (χ1) is 19.1. The lowest BCUT2D eigenvalue weighted by Crippen LogP contribution is -2.42. The Balaban J connectivity index is 0.000000241. The van der Waals surface area contributed by atoms with Crippen molar-refractivity contribution in [1.29, 1.82) is 0 Å². The molecule has 1 aromatic carbocycles. The van der Waals surface area contributed by atoms with Gasteiger partial charge in [0.15, 0.2) is 0 Å². The molecule has 2 aliphatic heterocycles. The number of alkyl carbamates (subject to hydrolysis) is 2. The molecule has 2 heterocycles. The number of hydrogen-bond acceptors (Lipinski definition) is 6. The third-order valence-corrected chi connectivity index (χ3v) is 8.46. The number of ether oxygens (including phenoxy) is 2. The van der Waals surface area contributed by atoms with E-state index in [2.05, 4.69) is 65.0 Å². The lowest BCUT2D eigenvalue weighted by atomic mass is 9.97. The van der Waals surface area contributed by atoms with E-state index in [9.17, 15) is 9.59 Å². The first-order valence-corrected chi connectivity index (χ1v) is 15.6. The van der Waals surface area contributed by atoms with E-state index in [-0.39, 0.29) is 24.3 Å². The summed E-state index contributed by atoms with van der Waals surface area (Å²) in [4.78, 5) is 26.3. The van der Waals surface area contributed by atoms with Crippen LogP contribution in [0.1, 0.15) is 100.0 Å². The minimum atomic E-state index is -0.448. The highest BCUT2D eigenvalue weighted by atomic mass is 16.6. The minimum absolute atomic E-state index is 0.137. The van der Waals surface area contributed by atoms with Gasteiger partial charge in [0.25, 0.3) is 0 Å². The monoisotopic (exact) mass is 572 g/mol. The Bertz CT molecular complexity index is 983. The molecule has 1 aromatic rings. The van der Waals surface area contributed by atoms with Crippen molar-refractivity contribution in [3.8, 4) is 0 Å². The lowest BCUT2D eigenvalue weighted by molar-refractivity contribution is 0.0481. The van der Waals surface area contributed by atoms with Gasteiger partial charge in [0.05, 0.1) is 0 Å². The average molecular weight is 573 g/mol. The molecule has 4 rings (SSSR count). The minimum Gasteiger partial charge on any atom is -0.444 e. The summed E-state index contributed by atoms with van der Waals surface area (Å²) >= 11 is 0. The zero-order chi connectivity index (χ0) is 30.4. The van der Waals surface area contributed by atoms with Crippen LogP contribution in [0.4, 0.5) is 9.59 Å². The number of carbonyl (C=O) groups excluding carboxylic acids is 2. The number of amides is 2. The van der Waals surface area contributed by atoms with Gasteiger partial charge in [0.1, 0.15) is 11.2 Å². The fourth-order valence-corrected chi connectivity index (χ4v) is 5.96. The van der Waals surface area contributed by atoms with Crippen LogP contribution in [0.2, 0.25) is 0 Å². The average Bonchev–Trinajstić information content (AvgIpc) is 3.30. The highest BCUT2D eigenvalue weighted by Gasteiger charge is 2.54. The van der Waals surface area contributed by atoms with Crippen molar-refractivity contribution < 1.29 is 19.1 Å². The van der Waals surface area contributed by atoms with Crippen LogP contribution in [0.3, 0.4) is 0 Å². The Labute approximate surface area is 248 Å². The predicted octanol–water partition coefficient (Wildman–Crippen LogP) is 6.24. The molecule has 8 nitrogen and oxygen atoms in total. The molecule has 8 heteroatoms. The van der Waals surface area contributed by atoms with E-state index >= 15 is 0 Å². The molecule has 232 valence electrons. The van der Waals surface area contributed by atoms with Crippen molar-refractivity contribution >= 4 is 12.2 Å². The highest BCUT2D eigenvalue weighted by molar-refractivity contribution is 5.68. The van der Waals surface area contributed by atoms with Crippen molar-refractivity contribution in [2.45, 2.75) is 136 Å². The van der Waals surface area contributed by atoms with Crippen molar-refractivity contribution in [3.63, 3.8) is 0 Å². The van der Waals surface area contributed by atoms with Gasteiger partial charge >= 0.3 is 12.2 Å². The molecule has 0 radical (unpaired) electrons. The number of nitrogens with one attached hydrogen (secondary N) is 3. The molecule has 2 amide bonds. The van der Waals surface area contributed by atoms with E-state index < -0.39 is 11.2 Å². The van der Waals surface area contributed by atoms with Crippen LogP contribution in [0.15, 0.2) is 30.3 Å². The SMILES string of the molecule is CCC1C[C@@H]([C@H](C)NC(=O)OC(C)(C)C)CN1.C[C@H](NC(=O)OC(C)(C)C)[C@H]1CN(Cc2ccccc2)C2(CC2)C1. The van der Waals surface area contributed by atoms with Gasteiger partial charge in [-0.1, -0.05) is 37.3 Å². The smallest absolute Gasteiger partial charge is 0.407 e. The van der Waals surface area contributed by atoms with E-state index in [1.807, 2.05) is 48.5 Å². The van der Waals surface area contributed by atoms with E-state index in [0.29, 0.717) is 23.4 Å². The molecule has 41 heavy (non-hydrogen) atoms. The second-order valence-electron chi connectivity index (χ2n) is 14.4. The van der Waals surface area contributed by atoms with E-state index in [1.165, 1.54) is 24.8 Å². The number of hydrogen-bond donors (Lipinski definition) is 3. The molecule has 1 saturated carbocycles. The second-order valence-corrected chi connectivity index (χ2v) is 14.4. The Morgan fingerprint density at radius 2 is 1.49 bits per heavy atom. The summed E-state index contributed by atoms with van der Waals surface area (Å²) in [5.74, 6) is 0.996. The van der Waals surface area contributed by atoms with Gasteiger partial charge in [-0.25, -0.2) is 9.59 Å². The molecule has 0 aromatic heterocycles. The van der Waals surface area contributed by atoms with E-state index in [0.717, 1.165) is 32.5 Å². The van der Waals surface area contributed by atoms with Gasteiger partial charge in [-0.15, -0.1) is 0 Å². The third-order valence-electron chi connectivity index (χ3n) is 8.46. The fraction of sp³-hybridized carbons (Fsp3) is 0.758. The molecule has 3 N–H and O–H groups in total. The van der Waals surface area contributed by atoms with Crippen molar-refractivity contribution in [2.24, 2.45) is 11.8 Å². The first-order valence-electron chi connectivity index (χ1n) is 15.6. The van der Waals surface area contributed by atoms with Crippen LogP contribution in [0.25, 0.3) is 0 Å². The molecular formula is C33H56N4O4. The molecule has 1 aliphatic carbocycles. The summed E-state index contributed by atoms with van der Waals surface area (Å²) in [5, 5.41) is 9.43. The number of rotatable bonds is 7. The van der Waals surface area contributed by atoms with Crippen LogP contribution >= 0.6 is 0 Å². The Morgan fingerprint density at radius 1 is 0.951 bits per heavy atom. The first kappa shape index (κ1) is 33.2. The third kappa shape index (κ3) is 10.8. The van der Waals surface area contributed by atoms with Crippen LogP contribution in [-0.2, 0) is 16.0 Å². The maximum Gasteiger partial charge on any atom is 0.407 e. The van der Waals surface area contributed by atoms with Gasteiger partial charge < -0.3 is 25.4 Å². The molecule has 1 spiro atoms. The molecule has 3 fully saturated rings. The molecule has 1 unspecified atom stereocenters. The maximum absolute atomic E-state index is 12.0. The number of carbonyl (C=O) groups is 2. The largest absolute Gasteiger partial charge is 0.444 e. The topological polar surface area (TPSA) is 91.9 Å². The normalized spacial score (nSPS) is 25.0. The van der Waals surface area contributed by atoms with Gasteiger partial charge in [-0.05, 0) is 105 Å². The summed E-state index contributed by atoms with van der Waals surface area (Å²) in [6.45, 7) is 20.7. The quantitative estimate of drug-likeness (QED) is 0.358. The fourth-order valence-electron chi connectivity index (χ4n) is 5.96. The number of nitrogens with zero attached hydrogens (tertiary/aromatic N) is 1.